The molecular weight excluding hydrogens is 390 g/mol. The quantitative estimate of drug-likeness (QED) is 0.512. The van der Waals surface area contributed by atoms with Gasteiger partial charge < -0.3 is 15.0 Å². The van der Waals surface area contributed by atoms with E-state index in [9.17, 15) is 10.1 Å². The number of hydrogen-bond donors (Lipinski definition) is 1. The molecule has 2 heterocycles. The molecular formula is C24H21N5O2. The predicted octanol–water partition coefficient (Wildman–Crippen LogP) is 4.75. The molecule has 2 aromatic heterocycles. The van der Waals surface area contributed by atoms with Crippen molar-refractivity contribution in [1.29, 1.82) is 5.26 Å². The van der Waals surface area contributed by atoms with Crippen molar-refractivity contribution < 1.29 is 9.53 Å². The lowest BCUT2D eigenvalue weighted by Crippen LogP contribution is -2.21. The van der Waals surface area contributed by atoms with Gasteiger partial charge in [-0.25, -0.2) is 4.52 Å². The first-order chi connectivity index (χ1) is 15.0. The number of carbonyl (C=O) groups is 1. The summed E-state index contributed by atoms with van der Waals surface area (Å²) < 4.78 is 7.46. The summed E-state index contributed by atoms with van der Waals surface area (Å²) >= 11 is 0. The van der Waals surface area contributed by atoms with Crippen molar-refractivity contribution in [2.75, 3.05) is 19.4 Å². The zero-order valence-corrected chi connectivity index (χ0v) is 17.5. The van der Waals surface area contributed by atoms with Gasteiger partial charge in [0.1, 0.15) is 17.6 Å². The van der Waals surface area contributed by atoms with Crippen LogP contribution in [-0.2, 0) is 0 Å². The smallest absolute Gasteiger partial charge is 0.255 e. The van der Waals surface area contributed by atoms with Crippen LogP contribution in [0.4, 0.5) is 11.4 Å². The number of rotatable bonds is 5. The Labute approximate surface area is 180 Å². The second kappa shape index (κ2) is 8.20. The fraction of sp³-hybridized carbons (Fsp3) is 0.125. The van der Waals surface area contributed by atoms with E-state index >= 15 is 0 Å². The Bertz CT molecular complexity index is 1290. The Kier molecular flexibility index (Phi) is 5.29. The number of carbonyl (C=O) groups excluding carboxylic acids is 1. The van der Waals surface area contributed by atoms with E-state index in [0.29, 0.717) is 28.1 Å². The van der Waals surface area contributed by atoms with Gasteiger partial charge in [-0.1, -0.05) is 18.2 Å². The number of amides is 1. The predicted molar refractivity (Wildman–Crippen MR) is 119 cm³/mol. The lowest BCUT2D eigenvalue weighted by molar-refractivity contribution is 0.0827. The largest absolute Gasteiger partial charge is 0.457 e. The molecule has 1 amide bonds. The summed E-state index contributed by atoms with van der Waals surface area (Å²) in [6.45, 7) is 1.86. The monoisotopic (exact) mass is 411 g/mol. The summed E-state index contributed by atoms with van der Waals surface area (Å²) in [5.74, 6) is 1.34. The number of aromatic nitrogens is 2. The third-order valence-corrected chi connectivity index (χ3v) is 4.92. The maximum atomic E-state index is 12.5. The first-order valence-electron chi connectivity index (χ1n) is 9.70. The van der Waals surface area contributed by atoms with Crippen LogP contribution < -0.4 is 10.1 Å². The number of nitrogens with zero attached hydrogens (tertiary/aromatic N) is 4. The van der Waals surface area contributed by atoms with E-state index in [1.165, 1.54) is 11.1 Å². The molecule has 0 aliphatic rings. The lowest BCUT2D eigenvalue weighted by Gasteiger charge is -2.12. The topological polar surface area (TPSA) is 82.7 Å². The van der Waals surface area contributed by atoms with Gasteiger partial charge in [-0.3, -0.25) is 4.79 Å². The Balaban J connectivity index is 1.69. The van der Waals surface area contributed by atoms with Crippen LogP contribution in [-0.4, -0.2) is 34.5 Å². The highest BCUT2D eigenvalue weighted by Crippen LogP contribution is 2.31. The second-order valence-electron chi connectivity index (χ2n) is 7.27. The maximum Gasteiger partial charge on any atom is 0.255 e. The summed E-state index contributed by atoms with van der Waals surface area (Å²) in [6.07, 6.45) is 3.18. The van der Waals surface area contributed by atoms with Crippen LogP contribution in [0.5, 0.6) is 11.5 Å². The molecule has 7 heteroatoms. The summed E-state index contributed by atoms with van der Waals surface area (Å²) in [4.78, 5) is 14.1. The van der Waals surface area contributed by atoms with Crippen LogP contribution in [0, 0.1) is 18.3 Å². The first-order valence-corrected chi connectivity index (χ1v) is 9.70. The number of benzene rings is 2. The molecule has 0 spiro atoms. The number of nitriles is 1. The van der Waals surface area contributed by atoms with Gasteiger partial charge in [0.2, 0.25) is 0 Å². The van der Waals surface area contributed by atoms with E-state index in [0.717, 1.165) is 17.0 Å². The summed E-state index contributed by atoms with van der Waals surface area (Å²) in [5, 5.41) is 17.2. The van der Waals surface area contributed by atoms with Crippen molar-refractivity contribution in [3.63, 3.8) is 0 Å². The van der Waals surface area contributed by atoms with Gasteiger partial charge in [0.05, 0.1) is 28.5 Å². The van der Waals surface area contributed by atoms with E-state index < -0.39 is 0 Å². The fourth-order valence-corrected chi connectivity index (χ4v) is 3.33. The van der Waals surface area contributed by atoms with E-state index in [1.54, 1.807) is 24.8 Å². The normalized spacial score (nSPS) is 10.5. The SMILES string of the molecule is Cc1c(C(=O)N(C)C)cn2ncc(C#N)c(Nc3ccc(Oc4ccccc4)cc3)c12. The summed E-state index contributed by atoms with van der Waals surface area (Å²) in [7, 11) is 3.41. The minimum absolute atomic E-state index is 0.116. The minimum atomic E-state index is -0.116. The third kappa shape index (κ3) is 3.91. The van der Waals surface area contributed by atoms with Crippen LogP contribution in [0.25, 0.3) is 5.52 Å². The van der Waals surface area contributed by atoms with Crippen molar-refractivity contribution in [2.45, 2.75) is 6.92 Å². The molecule has 31 heavy (non-hydrogen) atoms. The lowest BCUT2D eigenvalue weighted by atomic mass is 10.1. The molecule has 0 saturated carbocycles. The fourth-order valence-electron chi connectivity index (χ4n) is 3.33. The number of hydrogen-bond acceptors (Lipinski definition) is 5. The molecule has 7 nitrogen and oxygen atoms in total. The van der Waals surface area contributed by atoms with E-state index in [-0.39, 0.29) is 5.91 Å². The van der Waals surface area contributed by atoms with Gasteiger partial charge in [0, 0.05) is 26.0 Å². The van der Waals surface area contributed by atoms with Crippen LogP contribution in [0.3, 0.4) is 0 Å². The zero-order valence-electron chi connectivity index (χ0n) is 17.5. The number of nitrogens with one attached hydrogen (secondary N) is 1. The van der Waals surface area contributed by atoms with Crippen molar-refractivity contribution >= 4 is 22.8 Å². The van der Waals surface area contributed by atoms with Gasteiger partial charge in [-0.05, 0) is 48.9 Å². The van der Waals surface area contributed by atoms with Crippen molar-refractivity contribution in [3.8, 4) is 17.6 Å². The molecule has 0 aliphatic carbocycles. The molecule has 0 fully saturated rings. The van der Waals surface area contributed by atoms with E-state index in [2.05, 4.69) is 16.5 Å². The number of para-hydroxylation sites is 1. The Morgan fingerprint density at radius 3 is 2.42 bits per heavy atom. The number of anilines is 2. The zero-order chi connectivity index (χ0) is 22.0. The Morgan fingerprint density at radius 1 is 1.10 bits per heavy atom. The van der Waals surface area contributed by atoms with Crippen LogP contribution in [0.2, 0.25) is 0 Å². The Hall–Kier alpha value is -4.31. The molecule has 2 aromatic carbocycles. The molecule has 4 aromatic rings. The number of ether oxygens (including phenoxy) is 1. The molecule has 0 aliphatic heterocycles. The van der Waals surface area contributed by atoms with Crippen LogP contribution in [0.15, 0.2) is 67.0 Å². The average molecular weight is 411 g/mol. The number of fused-ring (bicyclic) bond motifs is 1. The first kappa shape index (κ1) is 20.0. The molecule has 154 valence electrons. The highest BCUT2D eigenvalue weighted by molar-refractivity contribution is 5.99. The minimum Gasteiger partial charge on any atom is -0.457 e. The second-order valence-corrected chi connectivity index (χ2v) is 7.27. The van der Waals surface area contributed by atoms with Gasteiger partial charge in [-0.15, -0.1) is 0 Å². The van der Waals surface area contributed by atoms with Crippen LogP contribution in [0.1, 0.15) is 21.5 Å². The van der Waals surface area contributed by atoms with Crippen molar-refractivity contribution in [2.24, 2.45) is 0 Å². The molecule has 1 N–H and O–H groups in total. The summed E-state index contributed by atoms with van der Waals surface area (Å²) in [5.41, 5.74) is 3.77. The van der Waals surface area contributed by atoms with Crippen molar-refractivity contribution in [1.82, 2.24) is 14.5 Å². The molecule has 4 rings (SSSR count). The standard InChI is InChI=1S/C24H21N5O2/c1-16-21(24(30)28(2)3)15-29-23(16)22(17(13-25)14-26-29)27-18-9-11-20(12-10-18)31-19-7-5-4-6-8-19/h4-12,14-15,27H,1-3H3. The molecule has 0 saturated heterocycles. The van der Waals surface area contributed by atoms with Crippen molar-refractivity contribution in [3.05, 3.63) is 83.7 Å². The number of aryl methyl sites for hydroxylation is 1. The highest BCUT2D eigenvalue weighted by atomic mass is 16.5. The molecule has 0 unspecified atom stereocenters. The molecule has 0 radical (unpaired) electrons. The van der Waals surface area contributed by atoms with Gasteiger partial charge >= 0.3 is 0 Å². The average Bonchev–Trinajstić information content (AvgIpc) is 3.12. The Morgan fingerprint density at radius 2 is 1.77 bits per heavy atom. The highest BCUT2D eigenvalue weighted by Gasteiger charge is 2.20. The summed E-state index contributed by atoms with van der Waals surface area (Å²) in [6, 6.07) is 19.2. The molecule has 0 atom stereocenters. The van der Waals surface area contributed by atoms with Gasteiger partial charge in [-0.2, -0.15) is 10.4 Å². The van der Waals surface area contributed by atoms with Gasteiger partial charge in [0.25, 0.3) is 5.91 Å². The molecule has 0 bridgehead atoms. The van der Waals surface area contributed by atoms with E-state index in [1.807, 2.05) is 61.5 Å². The maximum absolute atomic E-state index is 12.5. The third-order valence-electron chi connectivity index (χ3n) is 4.92. The van der Waals surface area contributed by atoms with E-state index in [4.69, 9.17) is 4.74 Å². The van der Waals surface area contributed by atoms with Gasteiger partial charge in [0.15, 0.2) is 0 Å². The van der Waals surface area contributed by atoms with Crippen LogP contribution >= 0.6 is 0 Å².